The van der Waals surface area contributed by atoms with Crippen LogP contribution >= 0.6 is 11.3 Å². The normalized spacial score (nSPS) is 29.9. The molecule has 5 heterocycles. The number of thiazole rings is 1. The molecule has 17 heteroatoms. The average molecular weight is 808 g/mol. The Morgan fingerprint density at radius 2 is 1.73 bits per heavy atom. The summed E-state index contributed by atoms with van der Waals surface area (Å²) in [5.74, 6) is -2.46. The van der Waals surface area contributed by atoms with Gasteiger partial charge in [0.05, 0.1) is 18.1 Å². The van der Waals surface area contributed by atoms with Gasteiger partial charge in [-0.2, -0.15) is 0 Å². The summed E-state index contributed by atoms with van der Waals surface area (Å²) in [5.41, 5.74) is -0.0116. The first-order chi connectivity index (χ1) is 27.0. The summed E-state index contributed by atoms with van der Waals surface area (Å²) in [6.45, 7) is 1.87. The molecule has 6 amide bonds. The smallest absolute Gasteiger partial charge is 0.318 e. The van der Waals surface area contributed by atoms with Gasteiger partial charge in [0.25, 0.3) is 11.8 Å². The van der Waals surface area contributed by atoms with Gasteiger partial charge in [-0.1, -0.05) is 25.0 Å². The predicted octanol–water partition coefficient (Wildman–Crippen LogP) is 2.90. The van der Waals surface area contributed by atoms with Crippen LogP contribution in [0.1, 0.15) is 74.0 Å². The summed E-state index contributed by atoms with van der Waals surface area (Å²) >= 11 is 1.24. The van der Waals surface area contributed by atoms with Crippen LogP contribution in [0.25, 0.3) is 11.3 Å². The largest absolute Gasteiger partial charge is 0.497 e. The fourth-order valence-corrected chi connectivity index (χ4v) is 11.0. The average Bonchev–Trinajstić information content (AvgIpc) is 3.82. The lowest BCUT2D eigenvalue weighted by Crippen LogP contribution is -2.60. The number of methoxy groups -OCH3 is 1. The van der Waals surface area contributed by atoms with Gasteiger partial charge in [0.2, 0.25) is 21.8 Å². The van der Waals surface area contributed by atoms with E-state index in [9.17, 15) is 32.4 Å². The van der Waals surface area contributed by atoms with E-state index in [4.69, 9.17) is 4.74 Å². The van der Waals surface area contributed by atoms with E-state index in [1.165, 1.54) is 16.2 Å². The van der Waals surface area contributed by atoms with Crippen molar-refractivity contribution in [2.45, 2.75) is 87.1 Å². The van der Waals surface area contributed by atoms with Crippen LogP contribution in [0.2, 0.25) is 0 Å². The van der Waals surface area contributed by atoms with E-state index in [1.807, 2.05) is 41.8 Å². The molecule has 1 aromatic heterocycles. The number of nitrogens with zero attached hydrogens (tertiary/aromatic N) is 4. The van der Waals surface area contributed by atoms with E-state index >= 15 is 0 Å². The quantitative estimate of drug-likeness (QED) is 0.354. The number of nitrogens with one attached hydrogen (secondary N) is 3. The molecule has 56 heavy (non-hydrogen) atoms. The van der Waals surface area contributed by atoms with Crippen molar-refractivity contribution in [2.24, 2.45) is 17.8 Å². The zero-order valence-electron chi connectivity index (χ0n) is 31.5. The van der Waals surface area contributed by atoms with Gasteiger partial charge in [0, 0.05) is 61.4 Å². The summed E-state index contributed by atoms with van der Waals surface area (Å²) in [4.78, 5) is 80.0. The molecule has 8 rings (SSSR count). The molecule has 0 radical (unpaired) electrons. The molecular weight excluding hydrogens is 759 g/mol. The zero-order valence-corrected chi connectivity index (χ0v) is 33.1. The number of fused-ring (bicyclic) bond motifs is 4. The number of ether oxygens (including phenoxy) is 1. The second-order valence-electron chi connectivity index (χ2n) is 16.0. The van der Waals surface area contributed by atoms with Crippen LogP contribution in [-0.2, 0) is 24.4 Å². The Kier molecular flexibility index (Phi) is 10.6. The number of sulfonamides is 1. The highest BCUT2D eigenvalue weighted by Crippen LogP contribution is 2.47. The van der Waals surface area contributed by atoms with Crippen molar-refractivity contribution < 1.29 is 37.1 Å². The number of urea groups is 1. The van der Waals surface area contributed by atoms with Crippen LogP contribution in [0.15, 0.2) is 41.8 Å². The lowest BCUT2D eigenvalue weighted by atomic mass is 9.93. The Balaban J connectivity index is 1.06. The van der Waals surface area contributed by atoms with Gasteiger partial charge in [-0.25, -0.2) is 18.2 Å². The van der Waals surface area contributed by atoms with Crippen molar-refractivity contribution in [3.63, 3.8) is 0 Å². The molecule has 6 aliphatic rings. The maximum absolute atomic E-state index is 14.7. The first-order valence-electron chi connectivity index (χ1n) is 19.8. The third-order valence-corrected chi connectivity index (χ3v) is 14.9. The Morgan fingerprint density at radius 3 is 2.46 bits per heavy atom. The summed E-state index contributed by atoms with van der Waals surface area (Å²) in [6, 6.07) is 5.16. The van der Waals surface area contributed by atoms with Crippen LogP contribution in [0, 0.1) is 17.8 Å². The molecule has 4 aliphatic heterocycles. The number of hydrogen-bond donors (Lipinski definition) is 3. The number of rotatable bonds is 7. The summed E-state index contributed by atoms with van der Waals surface area (Å²) < 4.78 is 33.3. The first kappa shape index (κ1) is 38.4. The number of carbonyl (C=O) groups is 5. The van der Waals surface area contributed by atoms with Crippen molar-refractivity contribution in [2.75, 3.05) is 39.8 Å². The molecule has 0 unspecified atom stereocenters. The van der Waals surface area contributed by atoms with E-state index in [0.29, 0.717) is 61.6 Å². The Labute approximate surface area is 330 Å². The van der Waals surface area contributed by atoms with Crippen LogP contribution in [0.3, 0.4) is 0 Å². The maximum Gasteiger partial charge on any atom is 0.318 e. The monoisotopic (exact) mass is 807 g/mol. The van der Waals surface area contributed by atoms with Crippen LogP contribution in [0.4, 0.5) is 4.79 Å². The topological polar surface area (TPSA) is 187 Å². The Bertz CT molecular complexity index is 2010. The molecule has 2 saturated carbocycles. The number of allylic oxidation sites excluding steroid dienone is 1. The number of carbonyl (C=O) groups excluding carboxylic acids is 5. The van der Waals surface area contributed by atoms with Crippen molar-refractivity contribution >= 4 is 51.0 Å². The first-order valence-corrected chi connectivity index (χ1v) is 22.2. The second-order valence-corrected chi connectivity index (χ2v) is 18.9. The van der Waals surface area contributed by atoms with E-state index < -0.39 is 56.5 Å². The highest BCUT2D eigenvalue weighted by molar-refractivity contribution is 7.91. The fourth-order valence-electron chi connectivity index (χ4n) is 8.80. The zero-order chi connectivity index (χ0) is 39.2. The molecule has 5 fully saturated rings. The maximum atomic E-state index is 14.7. The molecule has 0 spiro atoms. The summed E-state index contributed by atoms with van der Waals surface area (Å²) in [5, 5.41) is 7.44. The van der Waals surface area contributed by atoms with E-state index in [2.05, 4.69) is 20.3 Å². The van der Waals surface area contributed by atoms with Gasteiger partial charge in [0.1, 0.15) is 23.4 Å². The predicted molar refractivity (Wildman–Crippen MR) is 207 cm³/mol. The number of likely N-dealkylation sites (tertiary alicyclic amines) is 2. The minimum atomic E-state index is -3.90. The van der Waals surface area contributed by atoms with Crippen LogP contribution in [-0.4, -0.2) is 120 Å². The number of amides is 6. The van der Waals surface area contributed by atoms with Gasteiger partial charge >= 0.3 is 6.03 Å². The highest BCUT2D eigenvalue weighted by Gasteiger charge is 2.63. The SMILES string of the molecule is COc1ccc(-c2csc(C(=O)N3C[C@H]4CN5C(=O)[C@@H](NC(=O)N6CCCC6)CCCCC/C=C\[C@H]6C[C@@]6(C(=O)NS(=O)(=O)C6CC6)NC(=O)[C@@H]5[C@H]4C3)n2)cc1. The molecule has 2 aromatic rings. The van der Waals surface area contributed by atoms with Crippen molar-refractivity contribution in [3.05, 3.63) is 46.8 Å². The van der Waals surface area contributed by atoms with Gasteiger partial charge in [0.15, 0.2) is 5.01 Å². The van der Waals surface area contributed by atoms with Crippen LogP contribution < -0.4 is 20.1 Å². The summed E-state index contributed by atoms with van der Waals surface area (Å²) in [7, 11) is -2.31. The lowest BCUT2D eigenvalue weighted by molar-refractivity contribution is -0.142. The van der Waals surface area contributed by atoms with Crippen LogP contribution in [0.5, 0.6) is 5.75 Å². The van der Waals surface area contributed by atoms with E-state index in [1.54, 1.807) is 16.9 Å². The number of hydrogen-bond acceptors (Lipinski definition) is 10. The standard InChI is InChI=1S/C39H49N7O8S2/c1-54-27-13-11-24(12-14-27)31-23-55-34(40-31)36(49)45-20-25-21-46-32(29(25)22-45)33(47)42-39(37(50)43-56(52,53)28-15-16-28)19-26(39)9-5-3-2-4-6-10-30(35(46)48)41-38(51)44-17-7-8-18-44/h5,9,11-14,23,25-26,28-30,32H,2-4,6-8,10,15-22H2,1H3,(H,41,51)(H,42,47)(H,43,50)/b9-5-/t25-,26-,29-,30-,32-,39+/m0/s1. The molecule has 3 saturated heterocycles. The molecule has 2 aliphatic carbocycles. The van der Waals surface area contributed by atoms with Crippen molar-refractivity contribution in [1.29, 1.82) is 0 Å². The molecule has 300 valence electrons. The third-order valence-electron chi connectivity index (χ3n) is 12.3. The third kappa shape index (κ3) is 7.63. The Hall–Kier alpha value is -4.51. The number of benzene rings is 1. The van der Waals surface area contributed by atoms with E-state index in [0.717, 1.165) is 31.2 Å². The van der Waals surface area contributed by atoms with Gasteiger partial charge in [-0.3, -0.25) is 23.9 Å². The van der Waals surface area contributed by atoms with Crippen molar-refractivity contribution in [1.82, 2.24) is 35.0 Å². The van der Waals surface area contributed by atoms with Gasteiger partial charge in [-0.15, -0.1) is 11.3 Å². The minimum Gasteiger partial charge on any atom is -0.497 e. The molecule has 1 aromatic carbocycles. The Morgan fingerprint density at radius 1 is 0.964 bits per heavy atom. The van der Waals surface area contributed by atoms with Gasteiger partial charge in [-0.05, 0) is 75.6 Å². The molecular formula is C39H49N7O8S2. The molecule has 15 nitrogen and oxygen atoms in total. The second kappa shape index (κ2) is 15.4. The van der Waals surface area contributed by atoms with Gasteiger partial charge < -0.3 is 30.1 Å². The highest BCUT2D eigenvalue weighted by atomic mass is 32.2. The lowest BCUT2D eigenvalue weighted by Gasteiger charge is -2.33. The van der Waals surface area contributed by atoms with Crippen molar-refractivity contribution in [3.8, 4) is 17.0 Å². The minimum absolute atomic E-state index is 0.173. The molecule has 0 bridgehead atoms. The van der Waals surface area contributed by atoms with E-state index in [-0.39, 0.29) is 49.8 Å². The number of aromatic nitrogens is 1. The fraction of sp³-hybridized carbons (Fsp3) is 0.590. The molecule has 6 atom stereocenters. The summed E-state index contributed by atoms with van der Waals surface area (Å²) in [6.07, 6.45) is 10.2. The molecule has 3 N–H and O–H groups in total.